The smallest absolute Gasteiger partial charge is 0.164 e. The highest BCUT2D eigenvalue weighted by Gasteiger charge is 2.20. The predicted molar refractivity (Wildman–Crippen MR) is 269 cm³/mol. The van der Waals surface area contributed by atoms with Gasteiger partial charge in [-0.05, 0) is 80.7 Å². The van der Waals surface area contributed by atoms with Gasteiger partial charge in [-0.2, -0.15) is 0 Å². The molecule has 10 aromatic carbocycles. The molecule has 0 aliphatic heterocycles. The molecule has 0 atom stereocenters. The Kier molecular flexibility index (Phi) is 8.36. The molecule has 0 amide bonds. The van der Waals surface area contributed by atoms with Crippen LogP contribution in [0.1, 0.15) is 0 Å². The molecule has 0 bridgehead atoms. The zero-order valence-electron chi connectivity index (χ0n) is 34.5. The Balaban J connectivity index is 1.05. The minimum absolute atomic E-state index is 0.607. The minimum Gasteiger partial charge on any atom is -0.309 e. The molecule has 0 saturated heterocycles. The average Bonchev–Trinajstić information content (AvgIpc) is 3.91. The SMILES string of the molecule is c1ccc(-c2ccc(-c3nc(-c4cccc(-c5ccc6c(c5)sc5ccccc56)c4)nc(-c4cc5ccccc5c5ccccc45)n3)cc2-n2c3ccccc3c3ccccc32)cc1. The number of benzene rings is 10. The lowest BCUT2D eigenvalue weighted by molar-refractivity contribution is 1.07. The third-order valence-electron chi connectivity index (χ3n) is 12.6. The summed E-state index contributed by atoms with van der Waals surface area (Å²) in [5, 5.41) is 9.61. The molecule has 0 saturated carbocycles. The van der Waals surface area contributed by atoms with E-state index in [1.54, 1.807) is 0 Å². The summed E-state index contributed by atoms with van der Waals surface area (Å²) in [5.74, 6) is 1.85. The van der Waals surface area contributed by atoms with Gasteiger partial charge in [-0.15, -0.1) is 11.3 Å². The summed E-state index contributed by atoms with van der Waals surface area (Å²) in [4.78, 5) is 16.2. The molecule has 0 aliphatic rings. The molecule has 0 fully saturated rings. The Bertz CT molecular complexity index is 3920. The second-order valence-corrected chi connectivity index (χ2v) is 17.4. The van der Waals surface area contributed by atoms with Crippen molar-refractivity contribution >= 4 is 74.9 Å². The molecule has 3 aromatic heterocycles. The van der Waals surface area contributed by atoms with Gasteiger partial charge < -0.3 is 4.57 Å². The lowest BCUT2D eigenvalue weighted by Gasteiger charge is -2.17. The van der Waals surface area contributed by atoms with Crippen molar-refractivity contribution in [1.82, 2.24) is 19.5 Å². The molecule has 0 unspecified atom stereocenters. The summed E-state index contributed by atoms with van der Waals surface area (Å²) in [6.45, 7) is 0. The molecule has 298 valence electrons. The van der Waals surface area contributed by atoms with Crippen LogP contribution in [0.15, 0.2) is 218 Å². The van der Waals surface area contributed by atoms with E-state index < -0.39 is 0 Å². The van der Waals surface area contributed by atoms with Gasteiger partial charge in [-0.3, -0.25) is 0 Å². The van der Waals surface area contributed by atoms with Crippen LogP contribution in [-0.4, -0.2) is 19.5 Å². The molecule has 13 rings (SSSR count). The molecular weight excluding hydrogens is 797 g/mol. The summed E-state index contributed by atoms with van der Waals surface area (Å²) in [7, 11) is 0. The van der Waals surface area contributed by atoms with Crippen molar-refractivity contribution in [2.75, 3.05) is 0 Å². The van der Waals surface area contributed by atoms with Crippen LogP contribution in [0.2, 0.25) is 0 Å². The maximum Gasteiger partial charge on any atom is 0.164 e. The summed E-state index contributed by atoms with van der Waals surface area (Å²) >= 11 is 1.84. The summed E-state index contributed by atoms with van der Waals surface area (Å²) < 4.78 is 4.97. The molecule has 0 radical (unpaired) electrons. The van der Waals surface area contributed by atoms with Crippen LogP contribution in [-0.2, 0) is 0 Å². The fourth-order valence-electron chi connectivity index (χ4n) is 9.64. The number of para-hydroxylation sites is 2. The Labute approximate surface area is 373 Å². The van der Waals surface area contributed by atoms with E-state index >= 15 is 0 Å². The first-order chi connectivity index (χ1) is 31.7. The maximum absolute atomic E-state index is 5.41. The van der Waals surface area contributed by atoms with E-state index in [1.807, 2.05) is 11.3 Å². The van der Waals surface area contributed by atoms with Crippen LogP contribution in [0, 0.1) is 0 Å². The first-order valence-corrected chi connectivity index (χ1v) is 22.4. The highest BCUT2D eigenvalue weighted by atomic mass is 32.1. The van der Waals surface area contributed by atoms with E-state index in [2.05, 4.69) is 223 Å². The number of hydrogen-bond acceptors (Lipinski definition) is 4. The van der Waals surface area contributed by atoms with Crippen molar-refractivity contribution in [1.29, 1.82) is 0 Å². The first kappa shape index (κ1) is 36.4. The van der Waals surface area contributed by atoms with Crippen molar-refractivity contribution in [3.63, 3.8) is 0 Å². The predicted octanol–water partition coefficient (Wildman–Crippen LogP) is 16.0. The van der Waals surface area contributed by atoms with Crippen LogP contribution in [0.4, 0.5) is 0 Å². The number of thiophene rings is 1. The summed E-state index contributed by atoms with van der Waals surface area (Å²) in [5.41, 5.74) is 10.6. The average molecular weight is 833 g/mol. The van der Waals surface area contributed by atoms with Gasteiger partial charge in [-0.25, -0.2) is 15.0 Å². The normalized spacial score (nSPS) is 11.8. The van der Waals surface area contributed by atoms with Crippen LogP contribution in [0.5, 0.6) is 0 Å². The Hall–Kier alpha value is -8.25. The van der Waals surface area contributed by atoms with E-state index in [-0.39, 0.29) is 0 Å². The molecule has 13 aromatic rings. The van der Waals surface area contributed by atoms with Gasteiger partial charge in [0.25, 0.3) is 0 Å². The third kappa shape index (κ3) is 5.93. The molecule has 5 heteroatoms. The fraction of sp³-hybridized carbons (Fsp3) is 0. The van der Waals surface area contributed by atoms with Crippen molar-refractivity contribution in [3.05, 3.63) is 218 Å². The van der Waals surface area contributed by atoms with Crippen LogP contribution < -0.4 is 0 Å². The second-order valence-electron chi connectivity index (χ2n) is 16.4. The van der Waals surface area contributed by atoms with Crippen LogP contribution in [0.25, 0.3) is 126 Å². The van der Waals surface area contributed by atoms with Crippen molar-refractivity contribution < 1.29 is 0 Å². The van der Waals surface area contributed by atoms with E-state index in [4.69, 9.17) is 15.0 Å². The van der Waals surface area contributed by atoms with Gasteiger partial charge in [0.05, 0.1) is 16.7 Å². The van der Waals surface area contributed by atoms with Crippen molar-refractivity contribution in [2.45, 2.75) is 0 Å². The van der Waals surface area contributed by atoms with E-state index in [0.29, 0.717) is 17.5 Å². The van der Waals surface area contributed by atoms with Gasteiger partial charge in [0, 0.05) is 53.2 Å². The molecule has 0 spiro atoms. The zero-order valence-corrected chi connectivity index (χ0v) is 35.3. The monoisotopic (exact) mass is 832 g/mol. The number of hydrogen-bond donors (Lipinski definition) is 0. The van der Waals surface area contributed by atoms with Crippen molar-refractivity contribution in [3.8, 4) is 62.1 Å². The third-order valence-corrected chi connectivity index (χ3v) is 13.8. The topological polar surface area (TPSA) is 43.6 Å². The molecule has 4 nitrogen and oxygen atoms in total. The number of fused-ring (bicyclic) bond motifs is 9. The number of nitrogens with zero attached hydrogens (tertiary/aromatic N) is 4. The minimum atomic E-state index is 0.607. The van der Waals surface area contributed by atoms with Gasteiger partial charge in [0.2, 0.25) is 0 Å². The molecular formula is C59H36N4S. The van der Waals surface area contributed by atoms with E-state index in [1.165, 1.54) is 41.7 Å². The Morgan fingerprint density at radius 2 is 0.844 bits per heavy atom. The number of rotatable bonds is 6. The van der Waals surface area contributed by atoms with Gasteiger partial charge in [0.1, 0.15) is 0 Å². The molecule has 0 N–H and O–H groups in total. The van der Waals surface area contributed by atoms with Gasteiger partial charge in [0.15, 0.2) is 17.5 Å². The van der Waals surface area contributed by atoms with E-state index in [0.717, 1.165) is 66.4 Å². The number of aromatic nitrogens is 4. The quantitative estimate of drug-likeness (QED) is 0.157. The second kappa shape index (κ2) is 14.7. The summed E-state index contributed by atoms with van der Waals surface area (Å²) in [6, 6.07) is 78.1. The van der Waals surface area contributed by atoms with Gasteiger partial charge >= 0.3 is 0 Å². The highest BCUT2D eigenvalue weighted by Crippen LogP contribution is 2.41. The largest absolute Gasteiger partial charge is 0.309 e. The molecule has 0 aliphatic carbocycles. The highest BCUT2D eigenvalue weighted by molar-refractivity contribution is 7.25. The summed E-state index contributed by atoms with van der Waals surface area (Å²) in [6.07, 6.45) is 0. The van der Waals surface area contributed by atoms with Crippen molar-refractivity contribution in [2.24, 2.45) is 0 Å². The lowest BCUT2D eigenvalue weighted by atomic mass is 9.96. The first-order valence-electron chi connectivity index (χ1n) is 21.6. The Morgan fingerprint density at radius 1 is 0.297 bits per heavy atom. The maximum atomic E-state index is 5.41. The van der Waals surface area contributed by atoms with Crippen LogP contribution >= 0.6 is 11.3 Å². The molecule has 64 heavy (non-hydrogen) atoms. The van der Waals surface area contributed by atoms with Gasteiger partial charge in [-0.1, -0.05) is 176 Å². The standard InChI is InChI=1S/C59H36N4S/c1-2-15-37(16-3-1)44-31-30-42(35-54(44)63-52-26-11-8-23-47(52)48-24-9-12-27-53(48)63)58-60-57(61-59(62-58)51-34-40-17-4-5-20-43(40)45-21-6-7-22-46(45)51)41-19-14-18-38(33-41)39-29-32-50-49-25-10-13-28-55(49)64-56(50)36-39/h1-36H. The Morgan fingerprint density at radius 3 is 1.62 bits per heavy atom. The van der Waals surface area contributed by atoms with E-state index in [9.17, 15) is 0 Å². The molecule has 3 heterocycles. The zero-order chi connectivity index (χ0) is 42.1. The lowest BCUT2D eigenvalue weighted by Crippen LogP contribution is -2.03. The fourth-order valence-corrected chi connectivity index (χ4v) is 10.8. The van der Waals surface area contributed by atoms with Crippen LogP contribution in [0.3, 0.4) is 0 Å².